The standard InChI is InChI=1S/C23H16F5N7O2/c24-18(25)20-31-15-2-1-10(5-17(15)34(20)9-23(26,27)28)11-6-12(11)13-7-16(33-35-4-3-29-19(13)35)14-8-30-22(37)32-21(14)36/h1-5,7-8,11-12,18H,6,9H2,(H2,30,32,36,37)/t11-,12+/m1/s1. The first-order valence-electron chi connectivity index (χ1n) is 11.1. The van der Waals surface area contributed by atoms with Gasteiger partial charge in [-0.05, 0) is 42.0 Å². The fourth-order valence-electron chi connectivity index (χ4n) is 4.75. The molecule has 190 valence electrons. The van der Waals surface area contributed by atoms with Crippen molar-refractivity contribution in [2.75, 3.05) is 0 Å². The number of halogens is 5. The van der Waals surface area contributed by atoms with E-state index in [2.05, 4.69) is 25.0 Å². The summed E-state index contributed by atoms with van der Waals surface area (Å²) in [6.07, 6.45) is -2.84. The lowest BCUT2D eigenvalue weighted by atomic mass is 10.0. The topological polar surface area (TPSA) is 114 Å². The van der Waals surface area contributed by atoms with Crippen LogP contribution >= 0.6 is 0 Å². The highest BCUT2D eigenvalue weighted by Crippen LogP contribution is 2.56. The number of aromatic amines is 2. The van der Waals surface area contributed by atoms with Crippen LogP contribution in [0.2, 0.25) is 0 Å². The SMILES string of the molecule is O=c1[nH]cc(-c2cc([C@H]3C[C@@H]3c3ccc4nc(C(F)F)n(CC(F)(F)F)c4c3)c3nccn3n2)c(=O)[nH]1. The molecule has 5 aromatic rings. The molecule has 6 rings (SSSR count). The molecule has 1 aliphatic carbocycles. The Bertz CT molecular complexity index is 1780. The van der Waals surface area contributed by atoms with Crippen LogP contribution < -0.4 is 11.2 Å². The molecule has 0 spiro atoms. The van der Waals surface area contributed by atoms with Gasteiger partial charge in [0.15, 0.2) is 11.5 Å². The van der Waals surface area contributed by atoms with Gasteiger partial charge in [0.2, 0.25) is 0 Å². The number of fused-ring (bicyclic) bond motifs is 2. The van der Waals surface area contributed by atoms with Crippen molar-refractivity contribution in [3.8, 4) is 11.3 Å². The van der Waals surface area contributed by atoms with Crippen molar-refractivity contribution >= 4 is 16.7 Å². The van der Waals surface area contributed by atoms with E-state index in [1.165, 1.54) is 29.0 Å². The summed E-state index contributed by atoms with van der Waals surface area (Å²) in [6, 6.07) is 6.28. The Balaban J connectivity index is 1.41. The van der Waals surface area contributed by atoms with Crippen LogP contribution in [0.5, 0.6) is 0 Å². The second-order valence-electron chi connectivity index (χ2n) is 8.83. The monoisotopic (exact) mass is 517 g/mol. The van der Waals surface area contributed by atoms with Crippen molar-refractivity contribution in [2.24, 2.45) is 0 Å². The predicted octanol–water partition coefficient (Wildman–Crippen LogP) is 3.89. The molecule has 0 saturated heterocycles. The average Bonchev–Trinajstić information content (AvgIpc) is 3.33. The number of aromatic nitrogens is 7. The van der Waals surface area contributed by atoms with E-state index in [9.17, 15) is 31.5 Å². The number of imidazole rings is 2. The third-order valence-corrected chi connectivity index (χ3v) is 6.44. The summed E-state index contributed by atoms with van der Waals surface area (Å²) < 4.78 is 68.3. The Morgan fingerprint density at radius 2 is 1.95 bits per heavy atom. The summed E-state index contributed by atoms with van der Waals surface area (Å²) in [5.41, 5.74) is 1.17. The summed E-state index contributed by atoms with van der Waals surface area (Å²) >= 11 is 0. The zero-order chi connectivity index (χ0) is 26.1. The smallest absolute Gasteiger partial charge is 0.314 e. The van der Waals surface area contributed by atoms with Crippen LogP contribution in [0.4, 0.5) is 22.0 Å². The molecule has 0 unspecified atom stereocenters. The van der Waals surface area contributed by atoms with Gasteiger partial charge in [-0.2, -0.15) is 18.3 Å². The van der Waals surface area contributed by atoms with Gasteiger partial charge in [-0.25, -0.2) is 28.1 Å². The molecule has 0 radical (unpaired) electrons. The minimum Gasteiger partial charge on any atom is -0.314 e. The van der Waals surface area contributed by atoms with E-state index in [1.807, 2.05) is 0 Å². The van der Waals surface area contributed by atoms with Gasteiger partial charge < -0.3 is 9.55 Å². The molecule has 2 N–H and O–H groups in total. The van der Waals surface area contributed by atoms with Gasteiger partial charge in [0.05, 0.1) is 22.3 Å². The van der Waals surface area contributed by atoms with Crippen molar-refractivity contribution in [1.29, 1.82) is 0 Å². The second-order valence-corrected chi connectivity index (χ2v) is 8.83. The van der Waals surface area contributed by atoms with Crippen LogP contribution in [0.1, 0.15) is 41.6 Å². The zero-order valence-electron chi connectivity index (χ0n) is 18.6. The lowest BCUT2D eigenvalue weighted by Crippen LogP contribution is -2.23. The molecule has 0 amide bonds. The number of H-pyrrole nitrogens is 2. The number of hydrogen-bond acceptors (Lipinski definition) is 5. The van der Waals surface area contributed by atoms with Crippen LogP contribution in [-0.2, 0) is 6.54 Å². The molecular weight excluding hydrogens is 501 g/mol. The Labute approximate surface area is 202 Å². The number of benzene rings is 1. The summed E-state index contributed by atoms with van der Waals surface area (Å²) in [4.78, 5) is 36.4. The number of nitrogens with one attached hydrogen (secondary N) is 2. The lowest BCUT2D eigenvalue weighted by Gasteiger charge is -2.12. The average molecular weight is 517 g/mol. The number of hydrogen-bond donors (Lipinski definition) is 2. The summed E-state index contributed by atoms with van der Waals surface area (Å²) in [7, 11) is 0. The molecule has 2 atom stereocenters. The Morgan fingerprint density at radius 3 is 2.68 bits per heavy atom. The zero-order valence-corrected chi connectivity index (χ0v) is 18.6. The van der Waals surface area contributed by atoms with Crippen molar-refractivity contribution in [3.05, 3.63) is 80.6 Å². The largest absolute Gasteiger partial charge is 0.406 e. The molecule has 9 nitrogen and oxygen atoms in total. The maximum atomic E-state index is 13.4. The first kappa shape index (κ1) is 23.1. The maximum Gasteiger partial charge on any atom is 0.406 e. The maximum absolute atomic E-state index is 13.4. The minimum absolute atomic E-state index is 0.0167. The first-order chi connectivity index (χ1) is 17.6. The molecule has 1 aromatic carbocycles. The second kappa shape index (κ2) is 8.08. The molecule has 1 saturated carbocycles. The van der Waals surface area contributed by atoms with E-state index in [0.29, 0.717) is 27.9 Å². The first-order valence-corrected chi connectivity index (χ1v) is 11.1. The van der Waals surface area contributed by atoms with Crippen molar-refractivity contribution in [1.82, 2.24) is 34.1 Å². The van der Waals surface area contributed by atoms with E-state index in [-0.39, 0.29) is 28.4 Å². The summed E-state index contributed by atoms with van der Waals surface area (Å²) in [5.74, 6) is -1.17. The highest BCUT2D eigenvalue weighted by Gasteiger charge is 2.42. The van der Waals surface area contributed by atoms with Crippen molar-refractivity contribution < 1.29 is 22.0 Å². The van der Waals surface area contributed by atoms with Gasteiger partial charge >= 0.3 is 11.9 Å². The molecule has 1 fully saturated rings. The molecule has 4 heterocycles. The number of rotatable bonds is 5. The summed E-state index contributed by atoms with van der Waals surface area (Å²) in [5, 5.41) is 4.39. The van der Waals surface area contributed by atoms with Crippen LogP contribution in [0.15, 0.2) is 52.4 Å². The highest BCUT2D eigenvalue weighted by atomic mass is 19.4. The number of nitrogens with zero attached hydrogens (tertiary/aromatic N) is 5. The van der Waals surface area contributed by atoms with E-state index >= 15 is 0 Å². The molecule has 1 aliphatic rings. The Hall–Kier alpha value is -4.36. The van der Waals surface area contributed by atoms with Crippen molar-refractivity contribution in [3.63, 3.8) is 0 Å². The van der Waals surface area contributed by atoms with Gasteiger partial charge in [-0.1, -0.05) is 6.07 Å². The van der Waals surface area contributed by atoms with Crippen LogP contribution in [0, 0.1) is 0 Å². The third kappa shape index (κ3) is 4.07. The van der Waals surface area contributed by atoms with Gasteiger partial charge in [-0.15, -0.1) is 0 Å². The lowest BCUT2D eigenvalue weighted by molar-refractivity contribution is -0.141. The fraction of sp³-hybridized carbons (Fsp3) is 0.261. The molecule has 0 aliphatic heterocycles. The van der Waals surface area contributed by atoms with Gasteiger partial charge in [0.1, 0.15) is 6.54 Å². The highest BCUT2D eigenvalue weighted by molar-refractivity contribution is 5.77. The Morgan fingerprint density at radius 1 is 1.14 bits per heavy atom. The molecule has 14 heteroatoms. The molecule has 37 heavy (non-hydrogen) atoms. The van der Waals surface area contributed by atoms with Crippen LogP contribution in [0.25, 0.3) is 27.9 Å². The van der Waals surface area contributed by atoms with Gasteiger partial charge in [0, 0.05) is 24.2 Å². The minimum atomic E-state index is -4.70. The van der Waals surface area contributed by atoms with E-state index < -0.39 is 36.2 Å². The summed E-state index contributed by atoms with van der Waals surface area (Å²) in [6.45, 7) is -1.57. The number of alkyl halides is 5. The molecule has 4 aromatic heterocycles. The van der Waals surface area contributed by atoms with Gasteiger partial charge in [-0.3, -0.25) is 9.78 Å². The normalized spacial score (nSPS) is 17.8. The van der Waals surface area contributed by atoms with E-state index in [0.717, 1.165) is 5.56 Å². The van der Waals surface area contributed by atoms with Gasteiger partial charge in [0.25, 0.3) is 12.0 Å². The Kier molecular flexibility index (Phi) is 5.04. The van der Waals surface area contributed by atoms with Crippen LogP contribution in [-0.4, -0.2) is 40.3 Å². The third-order valence-electron chi connectivity index (χ3n) is 6.44. The van der Waals surface area contributed by atoms with Crippen LogP contribution in [0.3, 0.4) is 0 Å². The quantitative estimate of drug-likeness (QED) is 0.344. The predicted molar refractivity (Wildman–Crippen MR) is 121 cm³/mol. The molecule has 0 bridgehead atoms. The fourth-order valence-corrected chi connectivity index (χ4v) is 4.75. The van der Waals surface area contributed by atoms with E-state index in [1.54, 1.807) is 18.3 Å². The van der Waals surface area contributed by atoms with Crippen molar-refractivity contribution in [2.45, 2.75) is 37.4 Å². The molecular formula is C23H16F5N7O2. The van der Waals surface area contributed by atoms with E-state index in [4.69, 9.17) is 0 Å².